The molecule has 0 amide bonds. The molecule has 29 heavy (non-hydrogen) atoms. The number of rotatable bonds is 8. The molecule has 0 radical (unpaired) electrons. The van der Waals surface area contributed by atoms with Gasteiger partial charge in [-0.25, -0.2) is 0 Å². The third kappa shape index (κ3) is 4.13. The van der Waals surface area contributed by atoms with E-state index in [1.165, 1.54) is 39.6 Å². The van der Waals surface area contributed by atoms with E-state index >= 15 is 0 Å². The smallest absolute Gasteiger partial charge is 0.309 e. The van der Waals surface area contributed by atoms with E-state index in [1.54, 1.807) is 0 Å². The van der Waals surface area contributed by atoms with E-state index in [0.29, 0.717) is 11.5 Å². The molecule has 4 aliphatic rings. The van der Waals surface area contributed by atoms with Gasteiger partial charge < -0.3 is 14.9 Å². The second-order valence-corrected chi connectivity index (χ2v) is 8.87. The molecule has 0 spiro atoms. The SMILES string of the molecule is CC(CSCC(O)CO)C(=O)OCC1=CC=C2C=CC3=C4C(=CC=C1C24)C=CC3. The van der Waals surface area contributed by atoms with Gasteiger partial charge in [0.05, 0.1) is 18.6 Å². The van der Waals surface area contributed by atoms with E-state index in [4.69, 9.17) is 9.84 Å². The molecule has 0 saturated carbocycles. The average Bonchev–Trinajstić information content (AvgIpc) is 2.75. The summed E-state index contributed by atoms with van der Waals surface area (Å²) >= 11 is 1.45. The lowest BCUT2D eigenvalue weighted by molar-refractivity contribution is -0.146. The summed E-state index contributed by atoms with van der Waals surface area (Å²) in [5, 5.41) is 18.3. The van der Waals surface area contributed by atoms with Crippen LogP contribution in [0.3, 0.4) is 0 Å². The van der Waals surface area contributed by atoms with Gasteiger partial charge >= 0.3 is 5.97 Å². The molecule has 0 saturated heterocycles. The molecule has 0 aromatic heterocycles. The molecule has 0 heterocycles. The number of hydrogen-bond donors (Lipinski definition) is 2. The minimum absolute atomic E-state index is 0.233. The van der Waals surface area contributed by atoms with Crippen molar-refractivity contribution >= 4 is 17.7 Å². The summed E-state index contributed by atoms with van der Waals surface area (Å²) in [4.78, 5) is 12.4. The molecule has 152 valence electrons. The van der Waals surface area contributed by atoms with Gasteiger partial charge in [-0.15, -0.1) is 0 Å². The van der Waals surface area contributed by atoms with Crippen molar-refractivity contribution in [2.75, 3.05) is 24.7 Å². The summed E-state index contributed by atoms with van der Waals surface area (Å²) in [7, 11) is 0. The second kappa shape index (κ2) is 8.74. The van der Waals surface area contributed by atoms with Crippen molar-refractivity contribution in [3.63, 3.8) is 0 Å². The maximum Gasteiger partial charge on any atom is 0.309 e. The standard InChI is InChI=1S/C24H26O4S/c1-15(13-29-14-20(26)11-25)24(27)28-12-19-8-7-18-6-5-16-3-2-4-17-9-10-21(19)23(18)22(16)17/h2,4-10,15,20,23,25-26H,3,11-14H2,1H3. The van der Waals surface area contributed by atoms with Gasteiger partial charge in [0.2, 0.25) is 0 Å². The number of allylic oxidation sites excluding steroid dienone is 12. The van der Waals surface area contributed by atoms with Gasteiger partial charge in [0, 0.05) is 17.4 Å². The lowest BCUT2D eigenvalue weighted by Crippen LogP contribution is -2.25. The van der Waals surface area contributed by atoms with Crippen molar-refractivity contribution in [1.29, 1.82) is 0 Å². The third-order valence-corrected chi connectivity index (χ3v) is 7.01. The Morgan fingerprint density at radius 3 is 2.90 bits per heavy atom. The summed E-state index contributed by atoms with van der Waals surface area (Å²) in [5.74, 6) is 0.720. The highest BCUT2D eigenvalue weighted by molar-refractivity contribution is 7.99. The second-order valence-electron chi connectivity index (χ2n) is 7.80. The Hall–Kier alpha value is -2.08. The largest absolute Gasteiger partial charge is 0.461 e. The molecular formula is C24H26O4S. The van der Waals surface area contributed by atoms with E-state index in [-0.39, 0.29) is 31.0 Å². The number of esters is 1. The summed E-state index contributed by atoms with van der Waals surface area (Å²) in [6.45, 7) is 1.84. The molecule has 3 atom stereocenters. The Balaban J connectivity index is 1.41. The molecule has 0 aliphatic heterocycles. The minimum Gasteiger partial charge on any atom is -0.461 e. The van der Waals surface area contributed by atoms with E-state index in [2.05, 4.69) is 48.6 Å². The van der Waals surface area contributed by atoms with Crippen LogP contribution in [0.1, 0.15) is 13.3 Å². The zero-order chi connectivity index (χ0) is 20.4. The molecule has 0 fully saturated rings. The molecule has 0 aromatic rings. The summed E-state index contributed by atoms with van der Waals surface area (Å²) in [6.07, 6.45) is 17.6. The first-order valence-corrected chi connectivity index (χ1v) is 11.2. The van der Waals surface area contributed by atoms with Crippen LogP contribution in [0.2, 0.25) is 0 Å². The van der Waals surface area contributed by atoms with Crippen LogP contribution in [0.4, 0.5) is 0 Å². The van der Waals surface area contributed by atoms with Crippen molar-refractivity contribution in [2.45, 2.75) is 19.4 Å². The lowest BCUT2D eigenvalue weighted by atomic mass is 9.67. The average molecular weight is 411 g/mol. The molecule has 4 aliphatic carbocycles. The third-order valence-electron chi connectivity index (χ3n) is 5.65. The van der Waals surface area contributed by atoms with Crippen LogP contribution < -0.4 is 0 Å². The maximum absolute atomic E-state index is 12.4. The maximum atomic E-state index is 12.4. The Morgan fingerprint density at radius 2 is 2.07 bits per heavy atom. The van der Waals surface area contributed by atoms with Crippen LogP contribution in [-0.2, 0) is 9.53 Å². The van der Waals surface area contributed by atoms with Crippen molar-refractivity contribution < 1.29 is 19.7 Å². The Labute approximate surface area is 175 Å². The highest BCUT2D eigenvalue weighted by atomic mass is 32.2. The van der Waals surface area contributed by atoms with Gasteiger partial charge in [-0.05, 0) is 39.9 Å². The Kier molecular flexibility index (Phi) is 6.09. The first-order valence-electron chi connectivity index (χ1n) is 10.0. The number of thioether (sulfide) groups is 1. The van der Waals surface area contributed by atoms with Gasteiger partial charge in [0.15, 0.2) is 0 Å². The number of aliphatic hydroxyl groups excluding tert-OH is 2. The van der Waals surface area contributed by atoms with Gasteiger partial charge in [-0.3, -0.25) is 4.79 Å². The van der Waals surface area contributed by atoms with Gasteiger partial charge in [-0.1, -0.05) is 55.5 Å². The van der Waals surface area contributed by atoms with Crippen molar-refractivity contribution in [3.05, 3.63) is 82.0 Å². The first kappa shape index (κ1) is 20.2. The van der Waals surface area contributed by atoms with Crippen LogP contribution in [0, 0.1) is 11.8 Å². The quantitative estimate of drug-likeness (QED) is 0.600. The zero-order valence-corrected chi connectivity index (χ0v) is 17.3. The van der Waals surface area contributed by atoms with Crippen LogP contribution in [0.15, 0.2) is 82.0 Å². The molecule has 4 nitrogen and oxygen atoms in total. The van der Waals surface area contributed by atoms with E-state index in [0.717, 1.165) is 12.0 Å². The number of ether oxygens (including phenoxy) is 1. The lowest BCUT2D eigenvalue weighted by Gasteiger charge is -2.37. The van der Waals surface area contributed by atoms with Crippen LogP contribution in [-0.4, -0.2) is 47.0 Å². The molecule has 5 heteroatoms. The highest BCUT2D eigenvalue weighted by Gasteiger charge is 2.34. The number of carbonyl (C=O) groups is 1. The van der Waals surface area contributed by atoms with E-state index in [9.17, 15) is 9.90 Å². The van der Waals surface area contributed by atoms with Crippen LogP contribution in [0.5, 0.6) is 0 Å². The fraction of sp³-hybridized carbons (Fsp3) is 0.375. The van der Waals surface area contributed by atoms with Gasteiger partial charge in [0.25, 0.3) is 0 Å². The summed E-state index contributed by atoms with van der Waals surface area (Å²) in [6, 6.07) is 0. The number of carbonyl (C=O) groups excluding carboxylic acids is 1. The Morgan fingerprint density at radius 1 is 1.21 bits per heavy atom. The highest BCUT2D eigenvalue weighted by Crippen LogP contribution is 2.48. The number of aliphatic hydroxyl groups is 2. The van der Waals surface area contributed by atoms with Crippen molar-refractivity contribution in [3.8, 4) is 0 Å². The van der Waals surface area contributed by atoms with E-state index in [1.807, 2.05) is 6.92 Å². The normalized spacial score (nSPS) is 23.5. The van der Waals surface area contributed by atoms with Gasteiger partial charge in [-0.2, -0.15) is 11.8 Å². The molecule has 0 aromatic carbocycles. The van der Waals surface area contributed by atoms with Crippen LogP contribution >= 0.6 is 11.8 Å². The fourth-order valence-corrected chi connectivity index (χ4v) is 5.09. The number of hydrogen-bond acceptors (Lipinski definition) is 5. The molecule has 0 bridgehead atoms. The molecule has 3 unspecified atom stereocenters. The summed E-state index contributed by atoms with van der Waals surface area (Å²) < 4.78 is 5.62. The topological polar surface area (TPSA) is 66.8 Å². The summed E-state index contributed by atoms with van der Waals surface area (Å²) in [5.41, 5.74) is 7.61. The molecular weight excluding hydrogens is 384 g/mol. The minimum atomic E-state index is -0.744. The van der Waals surface area contributed by atoms with E-state index < -0.39 is 6.10 Å². The van der Waals surface area contributed by atoms with Crippen LogP contribution in [0.25, 0.3) is 0 Å². The first-order chi connectivity index (χ1) is 14.1. The van der Waals surface area contributed by atoms with Gasteiger partial charge in [0.1, 0.15) is 6.61 Å². The van der Waals surface area contributed by atoms with Crippen molar-refractivity contribution in [1.82, 2.24) is 0 Å². The predicted molar refractivity (Wildman–Crippen MR) is 116 cm³/mol. The van der Waals surface area contributed by atoms with Crippen molar-refractivity contribution in [2.24, 2.45) is 11.8 Å². The predicted octanol–water partition coefficient (Wildman–Crippen LogP) is 3.43. The Bertz CT molecular complexity index is 913. The monoisotopic (exact) mass is 410 g/mol. The molecule has 2 N–H and O–H groups in total. The fourth-order valence-electron chi connectivity index (χ4n) is 4.09. The zero-order valence-electron chi connectivity index (χ0n) is 16.5. The molecule has 4 rings (SSSR count).